The van der Waals surface area contributed by atoms with E-state index < -0.39 is 0 Å². The van der Waals surface area contributed by atoms with E-state index in [-0.39, 0.29) is 17.7 Å². The molecule has 6 heteroatoms. The number of hydrogen-bond acceptors (Lipinski definition) is 4. The van der Waals surface area contributed by atoms with Crippen LogP contribution in [0.2, 0.25) is 0 Å². The topological polar surface area (TPSA) is 61.9 Å². The third-order valence-corrected chi connectivity index (χ3v) is 6.18. The van der Waals surface area contributed by atoms with Crippen molar-refractivity contribution in [1.29, 1.82) is 0 Å². The highest BCUT2D eigenvalue weighted by Crippen LogP contribution is 2.30. The first kappa shape index (κ1) is 18.6. The van der Waals surface area contributed by atoms with E-state index in [0.717, 1.165) is 78.0 Å². The van der Waals surface area contributed by atoms with E-state index in [4.69, 9.17) is 4.74 Å². The molecule has 2 amide bonds. The lowest BCUT2D eigenvalue weighted by atomic mass is 9.83. The molecule has 3 rings (SSSR count). The van der Waals surface area contributed by atoms with E-state index in [1.54, 1.807) is 7.11 Å². The molecule has 1 aliphatic carbocycles. The van der Waals surface area contributed by atoms with Crippen molar-refractivity contribution in [3.63, 3.8) is 0 Å². The first-order valence-electron chi connectivity index (χ1n) is 9.95. The molecule has 142 valence electrons. The molecule has 1 saturated carbocycles. The van der Waals surface area contributed by atoms with Gasteiger partial charge < -0.3 is 19.9 Å². The number of likely N-dealkylation sites (tertiary alicyclic amines) is 2. The molecule has 3 fully saturated rings. The Kier molecular flexibility index (Phi) is 6.70. The van der Waals surface area contributed by atoms with Gasteiger partial charge in [-0.3, -0.25) is 9.59 Å². The Bertz CT molecular complexity index is 459. The largest absolute Gasteiger partial charge is 0.383 e. The van der Waals surface area contributed by atoms with Crippen molar-refractivity contribution < 1.29 is 14.3 Å². The lowest BCUT2D eigenvalue weighted by Gasteiger charge is -2.36. The maximum absolute atomic E-state index is 12.4. The van der Waals surface area contributed by atoms with E-state index in [9.17, 15) is 9.59 Å². The Morgan fingerprint density at radius 1 is 1.04 bits per heavy atom. The molecule has 0 spiro atoms. The highest BCUT2D eigenvalue weighted by molar-refractivity contribution is 5.81. The standard InChI is InChI=1S/C19H33N3O3/c1-25-12-11-21-8-5-15(14-21)13-20-18(23)16-6-9-22(10-7-16)19(24)17-3-2-4-17/h15-17H,2-14H2,1H3,(H,20,23)/t15-/m0/s1. The van der Waals surface area contributed by atoms with E-state index in [2.05, 4.69) is 10.2 Å². The molecule has 25 heavy (non-hydrogen) atoms. The summed E-state index contributed by atoms with van der Waals surface area (Å²) in [5.74, 6) is 1.42. The molecule has 2 heterocycles. The van der Waals surface area contributed by atoms with Crippen LogP contribution < -0.4 is 5.32 Å². The average molecular weight is 351 g/mol. The number of hydrogen-bond donors (Lipinski definition) is 1. The second-order valence-electron chi connectivity index (χ2n) is 7.92. The number of piperidine rings is 1. The van der Waals surface area contributed by atoms with Gasteiger partial charge in [0, 0.05) is 51.7 Å². The molecule has 0 aromatic heterocycles. The summed E-state index contributed by atoms with van der Waals surface area (Å²) in [4.78, 5) is 29.1. The van der Waals surface area contributed by atoms with Gasteiger partial charge in [-0.1, -0.05) is 6.42 Å². The number of methoxy groups -OCH3 is 1. The predicted octanol–water partition coefficient (Wildman–Crippen LogP) is 1.11. The second-order valence-corrected chi connectivity index (χ2v) is 7.92. The Morgan fingerprint density at radius 3 is 2.44 bits per heavy atom. The lowest BCUT2D eigenvalue weighted by Crippen LogP contribution is -2.46. The number of nitrogens with zero attached hydrogens (tertiary/aromatic N) is 2. The minimum Gasteiger partial charge on any atom is -0.383 e. The third kappa shape index (κ3) is 4.94. The van der Waals surface area contributed by atoms with Crippen LogP contribution in [0.25, 0.3) is 0 Å². The number of rotatable bonds is 7. The number of ether oxygens (including phenoxy) is 1. The molecule has 0 aromatic carbocycles. The number of amides is 2. The molecule has 2 aliphatic heterocycles. The lowest BCUT2D eigenvalue weighted by molar-refractivity contribution is -0.141. The SMILES string of the molecule is COCCN1CC[C@@H](CNC(=O)C2CCN(C(=O)C3CCC3)CC2)C1. The minimum absolute atomic E-state index is 0.0800. The summed E-state index contributed by atoms with van der Waals surface area (Å²) >= 11 is 0. The summed E-state index contributed by atoms with van der Waals surface area (Å²) in [6.45, 7) is 6.20. The van der Waals surface area contributed by atoms with Gasteiger partial charge in [0.25, 0.3) is 0 Å². The monoisotopic (exact) mass is 351 g/mol. The normalized spacial score (nSPS) is 25.8. The summed E-state index contributed by atoms with van der Waals surface area (Å²) in [5.41, 5.74) is 0. The van der Waals surface area contributed by atoms with Crippen molar-refractivity contribution in [1.82, 2.24) is 15.1 Å². The van der Waals surface area contributed by atoms with E-state index in [1.807, 2.05) is 4.90 Å². The van der Waals surface area contributed by atoms with Crippen LogP contribution in [0.4, 0.5) is 0 Å². The van der Waals surface area contributed by atoms with Crippen LogP contribution in [-0.2, 0) is 14.3 Å². The first-order valence-corrected chi connectivity index (χ1v) is 9.95. The van der Waals surface area contributed by atoms with Gasteiger partial charge in [0.05, 0.1) is 6.61 Å². The smallest absolute Gasteiger partial charge is 0.225 e. The van der Waals surface area contributed by atoms with Gasteiger partial charge in [0.1, 0.15) is 0 Å². The summed E-state index contributed by atoms with van der Waals surface area (Å²) in [7, 11) is 1.73. The van der Waals surface area contributed by atoms with Gasteiger partial charge in [-0.05, 0) is 44.6 Å². The van der Waals surface area contributed by atoms with Crippen molar-refractivity contribution >= 4 is 11.8 Å². The molecule has 3 aliphatic rings. The fourth-order valence-electron chi connectivity index (χ4n) is 4.17. The maximum atomic E-state index is 12.4. The highest BCUT2D eigenvalue weighted by atomic mass is 16.5. The molecule has 0 unspecified atom stereocenters. The van der Waals surface area contributed by atoms with Crippen LogP contribution in [0.1, 0.15) is 38.5 Å². The summed E-state index contributed by atoms with van der Waals surface area (Å²) in [6, 6.07) is 0. The van der Waals surface area contributed by atoms with Gasteiger partial charge in [-0.2, -0.15) is 0 Å². The number of carbonyl (C=O) groups is 2. The molecule has 1 N–H and O–H groups in total. The second kappa shape index (κ2) is 8.99. The van der Waals surface area contributed by atoms with Gasteiger partial charge in [-0.15, -0.1) is 0 Å². The van der Waals surface area contributed by atoms with E-state index in [1.165, 1.54) is 6.42 Å². The summed E-state index contributed by atoms with van der Waals surface area (Å²) in [5, 5.41) is 3.16. The number of carbonyl (C=O) groups excluding carboxylic acids is 2. The van der Waals surface area contributed by atoms with Crippen molar-refractivity contribution in [3.8, 4) is 0 Å². The van der Waals surface area contributed by atoms with Crippen LogP contribution in [0, 0.1) is 17.8 Å². The average Bonchev–Trinajstić information content (AvgIpc) is 3.04. The quantitative estimate of drug-likeness (QED) is 0.746. The molecule has 0 aromatic rings. The zero-order chi connectivity index (χ0) is 17.6. The van der Waals surface area contributed by atoms with Crippen LogP contribution in [0.5, 0.6) is 0 Å². The Labute approximate surface area is 151 Å². The first-order chi connectivity index (χ1) is 12.2. The molecule has 6 nitrogen and oxygen atoms in total. The van der Waals surface area contributed by atoms with Gasteiger partial charge in [-0.25, -0.2) is 0 Å². The van der Waals surface area contributed by atoms with Gasteiger partial charge in [0.2, 0.25) is 11.8 Å². The third-order valence-electron chi connectivity index (χ3n) is 6.18. The predicted molar refractivity (Wildman–Crippen MR) is 96.1 cm³/mol. The van der Waals surface area contributed by atoms with Crippen LogP contribution in [-0.4, -0.2) is 74.6 Å². The molecule has 0 bridgehead atoms. The van der Waals surface area contributed by atoms with Gasteiger partial charge >= 0.3 is 0 Å². The van der Waals surface area contributed by atoms with Crippen molar-refractivity contribution in [2.24, 2.45) is 17.8 Å². The highest BCUT2D eigenvalue weighted by Gasteiger charge is 2.33. The number of nitrogens with one attached hydrogen (secondary N) is 1. The molecule has 2 saturated heterocycles. The zero-order valence-corrected chi connectivity index (χ0v) is 15.5. The minimum atomic E-state index is 0.0800. The Morgan fingerprint density at radius 2 is 1.80 bits per heavy atom. The van der Waals surface area contributed by atoms with E-state index >= 15 is 0 Å². The fraction of sp³-hybridized carbons (Fsp3) is 0.895. The zero-order valence-electron chi connectivity index (χ0n) is 15.5. The van der Waals surface area contributed by atoms with Crippen LogP contribution in [0.3, 0.4) is 0 Å². The summed E-state index contributed by atoms with van der Waals surface area (Å²) < 4.78 is 5.13. The Hall–Kier alpha value is -1.14. The Balaban J connectivity index is 1.32. The summed E-state index contributed by atoms with van der Waals surface area (Å²) in [6.07, 6.45) is 6.09. The molecule has 1 atom stereocenters. The van der Waals surface area contributed by atoms with Crippen LogP contribution in [0.15, 0.2) is 0 Å². The van der Waals surface area contributed by atoms with Gasteiger partial charge in [0.15, 0.2) is 0 Å². The van der Waals surface area contributed by atoms with Crippen molar-refractivity contribution in [3.05, 3.63) is 0 Å². The molecule has 0 radical (unpaired) electrons. The fourth-order valence-corrected chi connectivity index (χ4v) is 4.17. The van der Waals surface area contributed by atoms with Crippen molar-refractivity contribution in [2.75, 3.05) is 53.0 Å². The van der Waals surface area contributed by atoms with Crippen LogP contribution >= 0.6 is 0 Å². The van der Waals surface area contributed by atoms with Crippen molar-refractivity contribution in [2.45, 2.75) is 38.5 Å². The molecular formula is C19H33N3O3. The maximum Gasteiger partial charge on any atom is 0.225 e. The van der Waals surface area contributed by atoms with E-state index in [0.29, 0.717) is 11.8 Å². The molecular weight excluding hydrogens is 318 g/mol.